The molecular formula is C17H14ClNO5. The average Bonchev–Trinajstić information content (AvgIpc) is 2.53. The van der Waals surface area contributed by atoms with E-state index in [-0.39, 0.29) is 22.8 Å². The topological polar surface area (TPSA) is 91.8 Å². The standard InChI is InChI=1S/C17H14ClNO5/c1-8-7-11-13(17(21)23-8)12(9-3-5-10(18)6-4-9)14(15(19)24-11)16(20)22-2/h3-7,12H,19H2,1-2H3/t12-/m0/s1. The van der Waals surface area contributed by atoms with Crippen molar-refractivity contribution in [2.45, 2.75) is 12.8 Å². The van der Waals surface area contributed by atoms with Gasteiger partial charge in [-0.3, -0.25) is 0 Å². The highest BCUT2D eigenvalue weighted by atomic mass is 35.5. The van der Waals surface area contributed by atoms with Gasteiger partial charge in [-0.05, 0) is 24.6 Å². The highest BCUT2D eigenvalue weighted by molar-refractivity contribution is 6.30. The number of ether oxygens (including phenoxy) is 2. The minimum Gasteiger partial charge on any atom is -0.465 e. The lowest BCUT2D eigenvalue weighted by Gasteiger charge is -2.27. The lowest BCUT2D eigenvalue weighted by Crippen LogP contribution is -2.30. The maximum Gasteiger partial charge on any atom is 0.343 e. The first-order chi connectivity index (χ1) is 11.4. The smallest absolute Gasteiger partial charge is 0.343 e. The lowest BCUT2D eigenvalue weighted by atomic mass is 9.84. The molecule has 0 spiro atoms. The van der Waals surface area contributed by atoms with Crippen LogP contribution in [0.4, 0.5) is 0 Å². The van der Waals surface area contributed by atoms with Gasteiger partial charge in [0.15, 0.2) is 0 Å². The molecule has 24 heavy (non-hydrogen) atoms. The molecule has 0 bridgehead atoms. The maximum atomic E-state index is 12.4. The van der Waals surface area contributed by atoms with Gasteiger partial charge in [0.05, 0.1) is 18.6 Å². The summed E-state index contributed by atoms with van der Waals surface area (Å²) in [6.45, 7) is 1.62. The molecule has 0 radical (unpaired) electrons. The third-order valence-electron chi connectivity index (χ3n) is 3.74. The van der Waals surface area contributed by atoms with Crippen molar-refractivity contribution < 1.29 is 18.7 Å². The van der Waals surface area contributed by atoms with E-state index in [0.29, 0.717) is 16.3 Å². The fraction of sp³-hybridized carbons (Fsp3) is 0.176. The number of fused-ring (bicyclic) bond motifs is 1. The highest BCUT2D eigenvalue weighted by Gasteiger charge is 2.38. The van der Waals surface area contributed by atoms with Crippen LogP contribution in [0, 0.1) is 6.92 Å². The molecule has 2 aromatic rings. The molecule has 3 rings (SSSR count). The largest absolute Gasteiger partial charge is 0.465 e. The number of esters is 1. The molecule has 2 N–H and O–H groups in total. The molecule has 0 aliphatic carbocycles. The predicted molar refractivity (Wildman–Crippen MR) is 86.9 cm³/mol. The second kappa shape index (κ2) is 6.05. The summed E-state index contributed by atoms with van der Waals surface area (Å²) in [6, 6.07) is 8.29. The quantitative estimate of drug-likeness (QED) is 0.839. The summed E-state index contributed by atoms with van der Waals surface area (Å²) in [4.78, 5) is 24.6. The first-order valence-electron chi connectivity index (χ1n) is 7.08. The second-order valence-electron chi connectivity index (χ2n) is 5.28. The fourth-order valence-electron chi connectivity index (χ4n) is 2.72. The third-order valence-corrected chi connectivity index (χ3v) is 4.00. The van der Waals surface area contributed by atoms with Crippen LogP contribution in [0.25, 0.3) is 0 Å². The van der Waals surface area contributed by atoms with E-state index >= 15 is 0 Å². The number of hydrogen-bond donors (Lipinski definition) is 1. The number of rotatable bonds is 2. The molecule has 0 saturated carbocycles. The van der Waals surface area contributed by atoms with E-state index in [4.69, 9.17) is 31.2 Å². The number of carbonyl (C=O) groups is 1. The molecule has 0 amide bonds. The first kappa shape index (κ1) is 16.1. The lowest BCUT2D eigenvalue weighted by molar-refractivity contribution is -0.136. The van der Waals surface area contributed by atoms with E-state index in [1.54, 1.807) is 37.3 Å². The van der Waals surface area contributed by atoms with Gasteiger partial charge in [-0.2, -0.15) is 0 Å². The Morgan fingerprint density at radius 1 is 1.29 bits per heavy atom. The van der Waals surface area contributed by atoms with Gasteiger partial charge in [-0.25, -0.2) is 9.59 Å². The molecule has 1 aromatic heterocycles. The number of halogens is 1. The summed E-state index contributed by atoms with van der Waals surface area (Å²) in [5.41, 5.74) is 6.21. The van der Waals surface area contributed by atoms with Crippen molar-refractivity contribution in [1.29, 1.82) is 0 Å². The van der Waals surface area contributed by atoms with Crippen LogP contribution >= 0.6 is 11.6 Å². The van der Waals surface area contributed by atoms with Crippen molar-refractivity contribution in [3.63, 3.8) is 0 Å². The van der Waals surface area contributed by atoms with Crippen LogP contribution in [0.5, 0.6) is 5.75 Å². The molecule has 1 aromatic carbocycles. The average molecular weight is 348 g/mol. The molecule has 0 unspecified atom stereocenters. The summed E-state index contributed by atoms with van der Waals surface area (Å²) < 4.78 is 15.4. The molecule has 7 heteroatoms. The summed E-state index contributed by atoms with van der Waals surface area (Å²) in [6.07, 6.45) is 0. The molecule has 0 fully saturated rings. The zero-order valence-corrected chi connectivity index (χ0v) is 13.7. The predicted octanol–water partition coefficient (Wildman–Crippen LogP) is 2.47. The third kappa shape index (κ3) is 2.65. The fourth-order valence-corrected chi connectivity index (χ4v) is 2.84. The van der Waals surface area contributed by atoms with Crippen LogP contribution < -0.4 is 16.1 Å². The van der Waals surface area contributed by atoms with Crippen LogP contribution in [0.3, 0.4) is 0 Å². The number of benzene rings is 1. The van der Waals surface area contributed by atoms with Gasteiger partial charge in [-0.1, -0.05) is 23.7 Å². The van der Waals surface area contributed by atoms with E-state index in [1.807, 2.05) is 0 Å². The van der Waals surface area contributed by atoms with Gasteiger partial charge in [0.2, 0.25) is 5.88 Å². The summed E-state index contributed by atoms with van der Waals surface area (Å²) in [5, 5.41) is 0.526. The van der Waals surface area contributed by atoms with E-state index < -0.39 is 17.5 Å². The maximum absolute atomic E-state index is 12.4. The Morgan fingerprint density at radius 3 is 2.58 bits per heavy atom. The molecule has 6 nitrogen and oxygen atoms in total. The first-order valence-corrected chi connectivity index (χ1v) is 7.46. The van der Waals surface area contributed by atoms with Gasteiger partial charge in [-0.15, -0.1) is 0 Å². The molecule has 0 saturated heterocycles. The van der Waals surface area contributed by atoms with E-state index in [2.05, 4.69) is 0 Å². The summed E-state index contributed by atoms with van der Waals surface area (Å²) in [5.74, 6) is -0.926. The normalized spacial score (nSPS) is 16.4. The zero-order chi connectivity index (χ0) is 17.4. The SMILES string of the molecule is COC(=O)C1=C(N)Oc2cc(C)oc(=O)c2[C@@H]1c1ccc(Cl)cc1. The van der Waals surface area contributed by atoms with Crippen molar-refractivity contribution in [2.75, 3.05) is 7.11 Å². The van der Waals surface area contributed by atoms with Gasteiger partial charge in [0.1, 0.15) is 17.1 Å². The molecule has 124 valence electrons. The Morgan fingerprint density at radius 2 is 1.96 bits per heavy atom. The molecular weight excluding hydrogens is 334 g/mol. The van der Waals surface area contributed by atoms with Crippen molar-refractivity contribution in [3.8, 4) is 5.75 Å². The van der Waals surface area contributed by atoms with Gasteiger partial charge >= 0.3 is 11.6 Å². The van der Waals surface area contributed by atoms with Crippen molar-refractivity contribution in [3.05, 3.63) is 74.1 Å². The van der Waals surface area contributed by atoms with Crippen molar-refractivity contribution in [1.82, 2.24) is 0 Å². The second-order valence-corrected chi connectivity index (χ2v) is 5.72. The van der Waals surface area contributed by atoms with E-state index in [1.165, 1.54) is 7.11 Å². The number of aryl methyl sites for hydroxylation is 1. The van der Waals surface area contributed by atoms with Gasteiger partial charge in [0.25, 0.3) is 0 Å². The Labute approximate surface area is 142 Å². The van der Waals surface area contributed by atoms with Crippen molar-refractivity contribution >= 4 is 17.6 Å². The summed E-state index contributed by atoms with van der Waals surface area (Å²) in [7, 11) is 1.23. The monoisotopic (exact) mass is 347 g/mol. The number of methoxy groups -OCH3 is 1. The molecule has 1 atom stereocenters. The van der Waals surface area contributed by atoms with Crippen LogP contribution in [0.1, 0.15) is 22.8 Å². The van der Waals surface area contributed by atoms with Crippen LogP contribution in [0.15, 0.2) is 51.0 Å². The van der Waals surface area contributed by atoms with Crippen molar-refractivity contribution in [2.24, 2.45) is 5.73 Å². The van der Waals surface area contributed by atoms with E-state index in [0.717, 1.165) is 0 Å². The van der Waals surface area contributed by atoms with Gasteiger partial charge < -0.3 is 19.6 Å². The van der Waals surface area contributed by atoms with E-state index in [9.17, 15) is 9.59 Å². The minimum absolute atomic E-state index is 0.0449. The Bertz CT molecular complexity index is 898. The van der Waals surface area contributed by atoms with Crippen LogP contribution in [-0.4, -0.2) is 13.1 Å². The number of nitrogens with two attached hydrogens (primary N) is 1. The molecule has 2 heterocycles. The summed E-state index contributed by atoms with van der Waals surface area (Å²) >= 11 is 5.92. The molecule has 1 aliphatic heterocycles. The Kier molecular flexibility index (Phi) is 4.07. The van der Waals surface area contributed by atoms with Crippen LogP contribution in [-0.2, 0) is 9.53 Å². The van der Waals surface area contributed by atoms with Crippen LogP contribution in [0.2, 0.25) is 5.02 Å². The molecule has 1 aliphatic rings. The Balaban J connectivity index is 2.29. The Hall–Kier alpha value is -2.73. The number of hydrogen-bond acceptors (Lipinski definition) is 6. The number of carbonyl (C=O) groups excluding carboxylic acids is 1. The minimum atomic E-state index is -0.768. The van der Waals surface area contributed by atoms with Gasteiger partial charge in [0, 0.05) is 11.1 Å². The highest BCUT2D eigenvalue weighted by Crippen LogP contribution is 2.41. The zero-order valence-electron chi connectivity index (χ0n) is 13.0.